The molecule has 0 aliphatic carbocycles. The number of carbonyl (C=O) groups excluding carboxylic acids is 1. The fraction of sp³-hybridized carbons (Fsp3) is 0.591. The first-order valence-corrected chi connectivity index (χ1v) is 9.97. The fourth-order valence-corrected chi connectivity index (χ4v) is 5.86. The van der Waals surface area contributed by atoms with Gasteiger partial charge in [0.1, 0.15) is 0 Å². The molecule has 1 aromatic carbocycles. The molecule has 3 aliphatic rings. The van der Waals surface area contributed by atoms with Crippen LogP contribution in [0.15, 0.2) is 36.5 Å². The van der Waals surface area contributed by atoms with Crippen molar-refractivity contribution in [2.24, 2.45) is 11.8 Å². The van der Waals surface area contributed by atoms with E-state index in [1.165, 1.54) is 18.4 Å². The number of hydrogen-bond acceptors (Lipinski definition) is 5. The molecule has 0 amide bonds. The van der Waals surface area contributed by atoms with Crippen LogP contribution in [0, 0.1) is 11.8 Å². The van der Waals surface area contributed by atoms with E-state index in [1.807, 2.05) is 0 Å². The Bertz CT molecular complexity index is 749. The van der Waals surface area contributed by atoms with Crippen molar-refractivity contribution in [1.29, 1.82) is 0 Å². The van der Waals surface area contributed by atoms with E-state index in [-0.39, 0.29) is 17.3 Å². The molecule has 3 unspecified atom stereocenters. The molecule has 146 valence electrons. The van der Waals surface area contributed by atoms with Crippen LogP contribution >= 0.6 is 0 Å². The Morgan fingerprint density at radius 1 is 1.41 bits per heavy atom. The lowest BCUT2D eigenvalue weighted by Crippen LogP contribution is -2.54. The second-order valence-electron chi connectivity index (χ2n) is 8.13. The summed E-state index contributed by atoms with van der Waals surface area (Å²) in [4.78, 5) is 15.0. The number of carbonyl (C=O) groups is 1. The van der Waals surface area contributed by atoms with Crippen molar-refractivity contribution < 1.29 is 14.3 Å². The molecule has 1 spiro atoms. The van der Waals surface area contributed by atoms with Crippen molar-refractivity contribution in [1.82, 2.24) is 4.90 Å². The highest BCUT2D eigenvalue weighted by Gasteiger charge is 2.57. The van der Waals surface area contributed by atoms with Crippen molar-refractivity contribution in [2.75, 3.05) is 32.6 Å². The van der Waals surface area contributed by atoms with Gasteiger partial charge in [-0.25, -0.2) is 4.79 Å². The van der Waals surface area contributed by atoms with Gasteiger partial charge in [0.25, 0.3) is 0 Å². The number of esters is 1. The predicted molar refractivity (Wildman–Crippen MR) is 106 cm³/mol. The van der Waals surface area contributed by atoms with Gasteiger partial charge in [0, 0.05) is 37.0 Å². The third-order valence-electron chi connectivity index (χ3n) is 7.21. The largest absolute Gasteiger partial charge is 0.467 e. The van der Waals surface area contributed by atoms with Crippen LogP contribution in [0.3, 0.4) is 0 Å². The second-order valence-corrected chi connectivity index (χ2v) is 8.13. The summed E-state index contributed by atoms with van der Waals surface area (Å²) in [5.41, 5.74) is 3.54. The Morgan fingerprint density at radius 2 is 2.19 bits per heavy atom. The molecular formula is C22H30N2O3. The number of para-hydroxylation sites is 1. The first-order chi connectivity index (χ1) is 13.1. The van der Waals surface area contributed by atoms with Crippen LogP contribution in [-0.2, 0) is 19.7 Å². The van der Waals surface area contributed by atoms with E-state index in [2.05, 4.69) is 48.0 Å². The van der Waals surface area contributed by atoms with Crippen molar-refractivity contribution in [3.05, 3.63) is 42.1 Å². The summed E-state index contributed by atoms with van der Waals surface area (Å²) in [5.74, 6) is 0.327. The first kappa shape index (κ1) is 18.5. The molecule has 0 radical (unpaired) electrons. The summed E-state index contributed by atoms with van der Waals surface area (Å²) in [6.45, 7) is 8.69. The van der Waals surface area contributed by atoms with Crippen LogP contribution in [0.2, 0.25) is 0 Å². The minimum absolute atomic E-state index is 0.0814. The minimum Gasteiger partial charge on any atom is -0.467 e. The lowest BCUT2D eigenvalue weighted by atomic mass is 9.67. The van der Waals surface area contributed by atoms with E-state index in [9.17, 15) is 4.79 Å². The van der Waals surface area contributed by atoms with Gasteiger partial charge in [-0.15, -0.1) is 0 Å². The number of rotatable bonds is 4. The molecule has 3 heterocycles. The molecule has 5 nitrogen and oxygen atoms in total. The van der Waals surface area contributed by atoms with Crippen LogP contribution in [0.25, 0.3) is 0 Å². The number of nitrogens with one attached hydrogen (secondary N) is 1. The summed E-state index contributed by atoms with van der Waals surface area (Å²) >= 11 is 0. The Kier molecular flexibility index (Phi) is 4.77. The highest BCUT2D eigenvalue weighted by atomic mass is 16.6. The SMILES string of the molecule is C=C1Nc2ccccc2[C@@]12CCN1C[C@@H](CC)C(C(OC)C(=O)OC)CC12. The van der Waals surface area contributed by atoms with Gasteiger partial charge in [-0.3, -0.25) is 4.90 Å². The maximum absolute atomic E-state index is 12.4. The number of methoxy groups -OCH3 is 2. The monoisotopic (exact) mass is 370 g/mol. The zero-order chi connectivity index (χ0) is 19.2. The molecule has 4 rings (SSSR count). The molecule has 1 aromatic rings. The zero-order valence-corrected chi connectivity index (χ0v) is 16.5. The van der Waals surface area contributed by atoms with E-state index in [1.54, 1.807) is 7.11 Å². The van der Waals surface area contributed by atoms with Gasteiger partial charge in [-0.05, 0) is 36.9 Å². The zero-order valence-electron chi connectivity index (χ0n) is 16.5. The molecule has 5 atom stereocenters. The molecule has 3 aliphatic heterocycles. The van der Waals surface area contributed by atoms with E-state index >= 15 is 0 Å². The van der Waals surface area contributed by atoms with Gasteiger partial charge in [0.05, 0.1) is 12.5 Å². The summed E-state index contributed by atoms with van der Waals surface area (Å²) in [7, 11) is 3.07. The Balaban J connectivity index is 1.71. The average molecular weight is 370 g/mol. The molecule has 0 saturated carbocycles. The molecule has 5 heteroatoms. The molecule has 27 heavy (non-hydrogen) atoms. The summed E-state index contributed by atoms with van der Waals surface area (Å²) in [6.07, 6.45) is 2.52. The molecule has 0 aromatic heterocycles. The van der Waals surface area contributed by atoms with E-state index in [0.717, 1.165) is 38.0 Å². The third-order valence-corrected chi connectivity index (χ3v) is 7.21. The Hall–Kier alpha value is -1.85. The smallest absolute Gasteiger partial charge is 0.335 e. The number of piperidine rings is 1. The number of ether oxygens (including phenoxy) is 2. The number of nitrogens with zero attached hydrogens (tertiary/aromatic N) is 1. The lowest BCUT2D eigenvalue weighted by Gasteiger charge is -2.47. The second kappa shape index (κ2) is 6.95. The number of fused-ring (bicyclic) bond motifs is 4. The van der Waals surface area contributed by atoms with Crippen LogP contribution in [0.4, 0.5) is 5.69 Å². The Morgan fingerprint density at radius 3 is 2.89 bits per heavy atom. The number of anilines is 1. The quantitative estimate of drug-likeness (QED) is 0.825. The summed E-state index contributed by atoms with van der Waals surface area (Å²) in [5, 5.41) is 3.54. The highest BCUT2D eigenvalue weighted by molar-refractivity contribution is 5.75. The van der Waals surface area contributed by atoms with Gasteiger partial charge in [-0.1, -0.05) is 38.1 Å². The van der Waals surface area contributed by atoms with Crippen molar-refractivity contribution in [3.8, 4) is 0 Å². The highest BCUT2D eigenvalue weighted by Crippen LogP contribution is 2.56. The number of hydrogen-bond donors (Lipinski definition) is 1. The first-order valence-electron chi connectivity index (χ1n) is 9.97. The van der Waals surface area contributed by atoms with Gasteiger partial charge in [0.2, 0.25) is 0 Å². The normalized spacial score (nSPS) is 33.4. The lowest BCUT2D eigenvalue weighted by molar-refractivity contribution is -0.159. The van der Waals surface area contributed by atoms with Gasteiger partial charge >= 0.3 is 5.97 Å². The maximum Gasteiger partial charge on any atom is 0.335 e. The van der Waals surface area contributed by atoms with Crippen LogP contribution < -0.4 is 5.32 Å². The van der Waals surface area contributed by atoms with Crippen molar-refractivity contribution in [3.63, 3.8) is 0 Å². The van der Waals surface area contributed by atoms with Gasteiger partial charge in [-0.2, -0.15) is 0 Å². The summed E-state index contributed by atoms with van der Waals surface area (Å²) < 4.78 is 10.7. The maximum atomic E-state index is 12.4. The van der Waals surface area contributed by atoms with Crippen LogP contribution in [0.1, 0.15) is 31.7 Å². The predicted octanol–water partition coefficient (Wildman–Crippen LogP) is 3.17. The minimum atomic E-state index is -0.502. The van der Waals surface area contributed by atoms with Gasteiger partial charge in [0.15, 0.2) is 6.10 Å². The van der Waals surface area contributed by atoms with Crippen molar-refractivity contribution >= 4 is 11.7 Å². The average Bonchev–Trinajstić information content (AvgIpc) is 3.20. The topological polar surface area (TPSA) is 50.8 Å². The van der Waals surface area contributed by atoms with Crippen LogP contribution in [-0.4, -0.2) is 50.3 Å². The standard InChI is InChI=1S/C22H30N2O3/c1-5-15-13-24-11-10-22(14(2)23-18-9-7-6-8-17(18)22)19(24)12-16(15)20(26-3)21(25)27-4/h6-9,15-16,19-20,23H,2,5,10-13H2,1,3-4H3/t15-,16?,19?,20?,22-/m1/s1. The van der Waals surface area contributed by atoms with Crippen LogP contribution in [0.5, 0.6) is 0 Å². The van der Waals surface area contributed by atoms with Gasteiger partial charge < -0.3 is 14.8 Å². The number of benzene rings is 1. The fourth-order valence-electron chi connectivity index (χ4n) is 5.86. The molecule has 2 saturated heterocycles. The molecular weight excluding hydrogens is 340 g/mol. The molecule has 2 fully saturated rings. The Labute approximate surface area is 161 Å². The van der Waals surface area contributed by atoms with E-state index in [4.69, 9.17) is 9.47 Å². The summed E-state index contributed by atoms with van der Waals surface area (Å²) in [6, 6.07) is 8.89. The van der Waals surface area contributed by atoms with E-state index in [0.29, 0.717) is 12.0 Å². The molecule has 1 N–H and O–H groups in total. The molecule has 0 bridgehead atoms. The van der Waals surface area contributed by atoms with E-state index < -0.39 is 6.10 Å². The van der Waals surface area contributed by atoms with Crippen molar-refractivity contribution in [2.45, 2.75) is 43.7 Å². The third kappa shape index (κ3) is 2.63.